The first-order chi connectivity index (χ1) is 12.1. The first kappa shape index (κ1) is 17.3. The van der Waals surface area contributed by atoms with Crippen molar-refractivity contribution in [3.63, 3.8) is 0 Å². The SMILES string of the molecule is Cc1ccc(NCC(=O)Nc2ccc(N3CCCCC3)cc2)c(C)c1. The monoisotopic (exact) mass is 337 g/mol. The summed E-state index contributed by atoms with van der Waals surface area (Å²) < 4.78 is 0. The molecule has 0 aromatic heterocycles. The standard InChI is InChI=1S/C21H27N3O/c1-16-6-11-20(17(2)14-16)22-15-21(25)23-18-7-9-19(10-8-18)24-12-4-3-5-13-24/h6-11,14,22H,3-5,12-13,15H2,1-2H3,(H,23,25). The van der Waals surface area contributed by atoms with Crippen LogP contribution in [0.3, 0.4) is 0 Å². The molecule has 1 fully saturated rings. The lowest BCUT2D eigenvalue weighted by atomic mass is 10.1. The van der Waals surface area contributed by atoms with Gasteiger partial charge in [0.25, 0.3) is 0 Å². The second-order valence-electron chi connectivity index (χ2n) is 6.81. The number of carbonyl (C=O) groups excluding carboxylic acids is 1. The fraction of sp³-hybridized carbons (Fsp3) is 0.381. The molecule has 132 valence electrons. The van der Waals surface area contributed by atoms with Crippen LogP contribution in [0.15, 0.2) is 42.5 Å². The lowest BCUT2D eigenvalue weighted by Gasteiger charge is -2.28. The lowest BCUT2D eigenvalue weighted by Crippen LogP contribution is -2.29. The minimum atomic E-state index is -0.0364. The molecule has 1 amide bonds. The average molecular weight is 337 g/mol. The topological polar surface area (TPSA) is 44.4 Å². The summed E-state index contributed by atoms with van der Waals surface area (Å²) in [5, 5.41) is 6.16. The molecule has 0 aliphatic carbocycles. The number of nitrogens with zero attached hydrogens (tertiary/aromatic N) is 1. The van der Waals surface area contributed by atoms with Gasteiger partial charge in [0.15, 0.2) is 0 Å². The summed E-state index contributed by atoms with van der Waals surface area (Å²) in [6.07, 6.45) is 3.86. The van der Waals surface area contributed by atoms with Gasteiger partial charge in [-0.05, 0) is 69.0 Å². The van der Waals surface area contributed by atoms with Crippen molar-refractivity contribution >= 4 is 23.0 Å². The molecule has 0 unspecified atom stereocenters. The van der Waals surface area contributed by atoms with Crippen molar-refractivity contribution in [1.29, 1.82) is 0 Å². The second-order valence-corrected chi connectivity index (χ2v) is 6.81. The van der Waals surface area contributed by atoms with Crippen LogP contribution in [0, 0.1) is 13.8 Å². The zero-order valence-corrected chi connectivity index (χ0v) is 15.1. The Bertz CT molecular complexity index is 718. The number of rotatable bonds is 5. The number of anilines is 3. The molecular formula is C21H27N3O. The van der Waals surface area contributed by atoms with E-state index in [1.807, 2.05) is 31.2 Å². The Labute approximate surface area is 150 Å². The summed E-state index contributed by atoms with van der Waals surface area (Å²) in [5.41, 5.74) is 5.46. The zero-order chi connectivity index (χ0) is 17.6. The van der Waals surface area contributed by atoms with Crippen molar-refractivity contribution < 1.29 is 4.79 Å². The van der Waals surface area contributed by atoms with Gasteiger partial charge in [0.2, 0.25) is 5.91 Å². The summed E-state index contributed by atoms with van der Waals surface area (Å²) >= 11 is 0. The molecule has 1 aliphatic rings. The summed E-state index contributed by atoms with van der Waals surface area (Å²) in [5.74, 6) is -0.0364. The van der Waals surface area contributed by atoms with E-state index >= 15 is 0 Å². The maximum atomic E-state index is 12.2. The molecule has 1 saturated heterocycles. The predicted octanol–water partition coefficient (Wildman–Crippen LogP) is 4.34. The molecule has 1 heterocycles. The van der Waals surface area contributed by atoms with Crippen molar-refractivity contribution in [2.24, 2.45) is 0 Å². The predicted molar refractivity (Wildman–Crippen MR) is 106 cm³/mol. The van der Waals surface area contributed by atoms with Crippen LogP contribution in [-0.4, -0.2) is 25.5 Å². The van der Waals surface area contributed by atoms with Crippen LogP contribution in [0.4, 0.5) is 17.1 Å². The first-order valence-electron chi connectivity index (χ1n) is 9.08. The van der Waals surface area contributed by atoms with Gasteiger partial charge in [0, 0.05) is 30.2 Å². The van der Waals surface area contributed by atoms with E-state index in [-0.39, 0.29) is 12.5 Å². The molecule has 2 N–H and O–H groups in total. The van der Waals surface area contributed by atoms with Gasteiger partial charge >= 0.3 is 0 Å². The van der Waals surface area contributed by atoms with E-state index in [9.17, 15) is 4.79 Å². The molecule has 0 bridgehead atoms. The number of piperidine rings is 1. The number of carbonyl (C=O) groups is 1. The van der Waals surface area contributed by atoms with Crippen molar-refractivity contribution in [3.05, 3.63) is 53.6 Å². The third-order valence-corrected chi connectivity index (χ3v) is 4.69. The smallest absolute Gasteiger partial charge is 0.243 e. The van der Waals surface area contributed by atoms with Crippen molar-refractivity contribution in [2.45, 2.75) is 33.1 Å². The fourth-order valence-electron chi connectivity index (χ4n) is 3.30. The van der Waals surface area contributed by atoms with Gasteiger partial charge in [0.1, 0.15) is 0 Å². The van der Waals surface area contributed by atoms with Crippen molar-refractivity contribution in [3.8, 4) is 0 Å². The molecule has 2 aromatic rings. The molecule has 2 aromatic carbocycles. The molecule has 4 heteroatoms. The lowest BCUT2D eigenvalue weighted by molar-refractivity contribution is -0.114. The van der Waals surface area contributed by atoms with Crippen LogP contribution < -0.4 is 15.5 Å². The van der Waals surface area contributed by atoms with Crippen molar-refractivity contribution in [2.75, 3.05) is 35.2 Å². The Balaban J connectivity index is 1.52. The van der Waals surface area contributed by atoms with E-state index in [0.717, 1.165) is 30.0 Å². The van der Waals surface area contributed by atoms with Crippen LogP contribution in [0.25, 0.3) is 0 Å². The van der Waals surface area contributed by atoms with Gasteiger partial charge < -0.3 is 15.5 Å². The van der Waals surface area contributed by atoms with Crippen LogP contribution in [-0.2, 0) is 4.79 Å². The largest absolute Gasteiger partial charge is 0.376 e. The van der Waals surface area contributed by atoms with Gasteiger partial charge in [-0.3, -0.25) is 4.79 Å². The Hall–Kier alpha value is -2.49. The molecule has 0 radical (unpaired) electrons. The third-order valence-electron chi connectivity index (χ3n) is 4.69. The van der Waals surface area contributed by atoms with Crippen LogP contribution in [0.2, 0.25) is 0 Å². The number of hydrogen-bond acceptors (Lipinski definition) is 3. The van der Waals surface area contributed by atoms with Crippen LogP contribution >= 0.6 is 0 Å². The second kappa shape index (κ2) is 8.06. The fourth-order valence-corrected chi connectivity index (χ4v) is 3.30. The first-order valence-corrected chi connectivity index (χ1v) is 9.08. The highest BCUT2D eigenvalue weighted by Gasteiger charge is 2.11. The normalized spacial score (nSPS) is 14.2. The Morgan fingerprint density at radius 1 is 1.00 bits per heavy atom. The number of aryl methyl sites for hydroxylation is 2. The highest BCUT2D eigenvalue weighted by Crippen LogP contribution is 2.22. The molecule has 0 saturated carbocycles. The average Bonchev–Trinajstić information content (AvgIpc) is 2.62. The highest BCUT2D eigenvalue weighted by molar-refractivity contribution is 5.94. The van der Waals surface area contributed by atoms with E-state index in [1.165, 1.54) is 30.5 Å². The van der Waals surface area contributed by atoms with Gasteiger partial charge in [-0.15, -0.1) is 0 Å². The summed E-state index contributed by atoms with van der Waals surface area (Å²) in [4.78, 5) is 14.6. The summed E-state index contributed by atoms with van der Waals surface area (Å²) in [7, 11) is 0. The van der Waals surface area contributed by atoms with Gasteiger partial charge in [0.05, 0.1) is 6.54 Å². The van der Waals surface area contributed by atoms with E-state index in [4.69, 9.17) is 0 Å². The van der Waals surface area contributed by atoms with Crippen molar-refractivity contribution in [1.82, 2.24) is 0 Å². The minimum Gasteiger partial charge on any atom is -0.376 e. The maximum Gasteiger partial charge on any atom is 0.243 e. The van der Waals surface area contributed by atoms with E-state index < -0.39 is 0 Å². The van der Waals surface area contributed by atoms with Gasteiger partial charge in [-0.1, -0.05) is 17.7 Å². The molecule has 1 aliphatic heterocycles. The molecule has 25 heavy (non-hydrogen) atoms. The van der Waals surface area contributed by atoms with Gasteiger partial charge in [-0.2, -0.15) is 0 Å². The quantitative estimate of drug-likeness (QED) is 0.853. The van der Waals surface area contributed by atoms with Gasteiger partial charge in [-0.25, -0.2) is 0 Å². The van der Waals surface area contributed by atoms with E-state index in [2.05, 4.69) is 40.7 Å². The minimum absolute atomic E-state index is 0.0364. The highest BCUT2D eigenvalue weighted by atomic mass is 16.1. The number of benzene rings is 2. The number of nitrogens with one attached hydrogen (secondary N) is 2. The Morgan fingerprint density at radius 3 is 2.40 bits per heavy atom. The Kier molecular flexibility index (Phi) is 5.59. The summed E-state index contributed by atoms with van der Waals surface area (Å²) in [6, 6.07) is 14.3. The molecular weight excluding hydrogens is 310 g/mol. The molecule has 0 atom stereocenters. The van der Waals surface area contributed by atoms with E-state index in [1.54, 1.807) is 0 Å². The molecule has 0 spiro atoms. The van der Waals surface area contributed by atoms with Crippen LogP contribution in [0.1, 0.15) is 30.4 Å². The summed E-state index contributed by atoms with van der Waals surface area (Å²) in [6.45, 7) is 6.64. The molecule has 4 nitrogen and oxygen atoms in total. The zero-order valence-electron chi connectivity index (χ0n) is 15.1. The van der Waals surface area contributed by atoms with E-state index in [0.29, 0.717) is 0 Å². The van der Waals surface area contributed by atoms with Crippen LogP contribution in [0.5, 0.6) is 0 Å². The Morgan fingerprint density at radius 2 is 1.72 bits per heavy atom. The maximum absolute atomic E-state index is 12.2. The number of amides is 1. The number of hydrogen-bond donors (Lipinski definition) is 2. The third kappa shape index (κ3) is 4.75. The molecule has 3 rings (SSSR count).